The fraction of sp³-hybridized carbons (Fsp3) is 0.0345. The number of halogens is 4. The maximum absolute atomic E-state index is 13.3. The molecule has 0 aromatic heterocycles. The highest BCUT2D eigenvalue weighted by molar-refractivity contribution is 8.00. The van der Waals surface area contributed by atoms with Crippen molar-refractivity contribution in [2.45, 2.75) is 10.1 Å². The summed E-state index contributed by atoms with van der Waals surface area (Å²) >= 11 is 25.5. The number of benzene rings is 4. The fourth-order valence-corrected chi connectivity index (χ4v) is 5.84. The van der Waals surface area contributed by atoms with Crippen LogP contribution in [0.15, 0.2) is 83.8 Å². The number of rotatable bonds is 9. The van der Waals surface area contributed by atoms with Crippen molar-refractivity contribution < 1.29 is 29.4 Å². The minimum Gasteiger partial charge on any atom is -0.478 e. The van der Waals surface area contributed by atoms with Crippen molar-refractivity contribution in [3.63, 3.8) is 0 Å². The Labute approximate surface area is 263 Å². The molecule has 1 unspecified atom stereocenters. The topological polar surface area (TPSA) is 133 Å². The summed E-state index contributed by atoms with van der Waals surface area (Å²) in [5.74, 6) is -3.79. The highest BCUT2D eigenvalue weighted by Crippen LogP contribution is 2.42. The van der Waals surface area contributed by atoms with E-state index in [9.17, 15) is 24.3 Å². The normalized spacial score (nSPS) is 11.4. The Morgan fingerprint density at radius 1 is 0.619 bits per heavy atom. The molecule has 0 heterocycles. The van der Waals surface area contributed by atoms with Crippen molar-refractivity contribution in [3.05, 3.63) is 121 Å². The molecule has 0 aliphatic carbocycles. The van der Waals surface area contributed by atoms with Crippen LogP contribution in [0.5, 0.6) is 0 Å². The number of thioether (sulfide) groups is 1. The lowest BCUT2D eigenvalue weighted by molar-refractivity contribution is -0.115. The number of anilines is 2. The quantitative estimate of drug-likeness (QED) is 0.0802. The molecule has 4 aromatic carbocycles. The SMILES string of the molecule is O=C(O)c1ccc(NC(=O)C(Sc2ccc(NC(=O)c3c(Cl)c(Cl)c(Cl)c(Cl)c3C(=O)O)cc2)c2ccccc2)cc1. The van der Waals surface area contributed by atoms with E-state index in [0.29, 0.717) is 16.3 Å². The lowest BCUT2D eigenvalue weighted by Gasteiger charge is -2.18. The Hall–Kier alpha value is -3.73. The molecule has 0 aliphatic rings. The molecule has 0 radical (unpaired) electrons. The average Bonchev–Trinajstić information content (AvgIpc) is 2.97. The van der Waals surface area contributed by atoms with E-state index >= 15 is 0 Å². The van der Waals surface area contributed by atoms with Crippen LogP contribution in [0.2, 0.25) is 20.1 Å². The van der Waals surface area contributed by atoms with Crippen LogP contribution in [0.4, 0.5) is 11.4 Å². The standard InChI is InChI=1S/C29H18Cl4N2O6S/c30-21-19(20(29(40)41)22(31)24(33)23(21)32)26(36)34-17-10-12-18(13-11-17)42-25(14-4-2-1-3-5-14)27(37)35-16-8-6-15(7-9-16)28(38)39/h1-13,25H,(H,34,36)(H,35,37)(H,38,39)(H,40,41). The van der Waals surface area contributed by atoms with Crippen molar-refractivity contribution in [3.8, 4) is 0 Å². The van der Waals surface area contributed by atoms with E-state index in [1.807, 2.05) is 30.3 Å². The van der Waals surface area contributed by atoms with Crippen molar-refractivity contribution in [1.82, 2.24) is 0 Å². The third-order valence-electron chi connectivity index (χ3n) is 5.81. The van der Waals surface area contributed by atoms with Gasteiger partial charge < -0.3 is 20.8 Å². The summed E-state index contributed by atoms with van der Waals surface area (Å²) in [5.41, 5.74) is 0.531. The number of hydrogen-bond acceptors (Lipinski definition) is 5. The Morgan fingerprint density at radius 2 is 1.14 bits per heavy atom. The van der Waals surface area contributed by atoms with Gasteiger partial charge in [0.15, 0.2) is 0 Å². The number of amides is 2. The molecule has 4 N–H and O–H groups in total. The molecule has 1 atom stereocenters. The van der Waals surface area contributed by atoms with Gasteiger partial charge in [-0.3, -0.25) is 9.59 Å². The zero-order valence-corrected chi connectivity index (χ0v) is 24.9. The van der Waals surface area contributed by atoms with Crippen LogP contribution in [0, 0.1) is 0 Å². The Kier molecular flexibility index (Phi) is 10.0. The van der Waals surface area contributed by atoms with Gasteiger partial charge >= 0.3 is 11.9 Å². The molecule has 0 aliphatic heterocycles. The van der Waals surface area contributed by atoms with Crippen molar-refractivity contribution in [1.29, 1.82) is 0 Å². The highest BCUT2D eigenvalue weighted by Gasteiger charge is 2.29. The first-order valence-corrected chi connectivity index (χ1v) is 14.2. The number of carboxylic acids is 2. The highest BCUT2D eigenvalue weighted by atomic mass is 35.5. The van der Waals surface area contributed by atoms with E-state index in [0.717, 1.165) is 5.56 Å². The van der Waals surface area contributed by atoms with Crippen LogP contribution >= 0.6 is 58.2 Å². The van der Waals surface area contributed by atoms with Crippen molar-refractivity contribution in [2.75, 3.05) is 10.6 Å². The number of nitrogens with one attached hydrogen (secondary N) is 2. The smallest absolute Gasteiger partial charge is 0.338 e. The van der Waals surface area contributed by atoms with Gasteiger partial charge in [-0.15, -0.1) is 11.8 Å². The van der Waals surface area contributed by atoms with E-state index in [1.54, 1.807) is 24.3 Å². The van der Waals surface area contributed by atoms with Crippen LogP contribution in [0.25, 0.3) is 0 Å². The number of carboxylic acid groups (broad SMARTS) is 2. The number of carbonyl (C=O) groups is 4. The molecule has 214 valence electrons. The Balaban J connectivity index is 1.54. The first kappa shape index (κ1) is 31.2. The van der Waals surface area contributed by atoms with Gasteiger partial charge in [0.25, 0.3) is 5.91 Å². The maximum Gasteiger partial charge on any atom is 0.338 e. The zero-order valence-electron chi connectivity index (χ0n) is 21.0. The van der Waals surface area contributed by atoms with Gasteiger partial charge in [0.2, 0.25) is 5.91 Å². The lowest BCUT2D eigenvalue weighted by Crippen LogP contribution is -2.19. The predicted octanol–water partition coefficient (Wildman–Crippen LogP) is 8.42. The summed E-state index contributed by atoms with van der Waals surface area (Å²) in [6.45, 7) is 0. The molecule has 0 fully saturated rings. The summed E-state index contributed by atoms with van der Waals surface area (Å²) in [6, 6.07) is 21.4. The number of hydrogen-bond donors (Lipinski definition) is 4. The zero-order chi connectivity index (χ0) is 30.6. The van der Waals surface area contributed by atoms with Gasteiger partial charge in [0.1, 0.15) is 5.25 Å². The molecule has 4 aromatic rings. The molecule has 42 heavy (non-hydrogen) atoms. The Bertz CT molecular complexity index is 1680. The molecule has 13 heteroatoms. The summed E-state index contributed by atoms with van der Waals surface area (Å²) in [6.07, 6.45) is 0. The molecule has 4 rings (SSSR count). The summed E-state index contributed by atoms with van der Waals surface area (Å²) in [5, 5.41) is 22.1. The second-order valence-electron chi connectivity index (χ2n) is 8.57. The number of aromatic carboxylic acids is 2. The van der Waals surface area contributed by atoms with Crippen molar-refractivity contribution in [2.24, 2.45) is 0 Å². The van der Waals surface area contributed by atoms with Crippen LogP contribution in [0.1, 0.15) is 41.9 Å². The molecule has 0 spiro atoms. The molecule has 0 saturated carbocycles. The van der Waals surface area contributed by atoms with Crippen LogP contribution in [0.3, 0.4) is 0 Å². The third kappa shape index (κ3) is 7.00. The van der Waals surface area contributed by atoms with Crippen molar-refractivity contribution >= 4 is 93.3 Å². The van der Waals surface area contributed by atoms with E-state index in [2.05, 4.69) is 10.6 Å². The minimum atomic E-state index is -1.51. The Morgan fingerprint density at radius 3 is 1.69 bits per heavy atom. The van der Waals surface area contributed by atoms with Crippen LogP contribution < -0.4 is 10.6 Å². The summed E-state index contributed by atoms with van der Waals surface area (Å²) < 4.78 is 0. The summed E-state index contributed by atoms with van der Waals surface area (Å²) in [7, 11) is 0. The van der Waals surface area contributed by atoms with Crippen LogP contribution in [-0.2, 0) is 4.79 Å². The van der Waals surface area contributed by atoms with E-state index in [4.69, 9.17) is 51.5 Å². The second-order valence-corrected chi connectivity index (χ2v) is 11.3. The molecule has 0 saturated heterocycles. The lowest BCUT2D eigenvalue weighted by atomic mass is 10.1. The third-order valence-corrected chi connectivity index (χ3v) is 8.88. The second kappa shape index (κ2) is 13.5. The van der Waals surface area contributed by atoms with Gasteiger partial charge in [0.05, 0.1) is 36.8 Å². The first-order chi connectivity index (χ1) is 20.0. The molecule has 2 amide bonds. The minimum absolute atomic E-state index is 0.0953. The first-order valence-electron chi connectivity index (χ1n) is 11.8. The predicted molar refractivity (Wildman–Crippen MR) is 165 cm³/mol. The molecular weight excluding hydrogens is 646 g/mol. The maximum atomic E-state index is 13.3. The largest absolute Gasteiger partial charge is 0.478 e. The van der Waals surface area contributed by atoms with Gasteiger partial charge in [0, 0.05) is 16.3 Å². The van der Waals surface area contributed by atoms with Gasteiger partial charge in [-0.2, -0.15) is 0 Å². The molecule has 0 bridgehead atoms. The van der Waals surface area contributed by atoms with Gasteiger partial charge in [-0.1, -0.05) is 76.7 Å². The van der Waals surface area contributed by atoms with Gasteiger partial charge in [-0.05, 0) is 54.1 Å². The molecule has 8 nitrogen and oxygen atoms in total. The number of carbonyl (C=O) groups excluding carboxylic acids is 2. The average molecular weight is 664 g/mol. The van der Waals surface area contributed by atoms with Crippen LogP contribution in [-0.4, -0.2) is 34.0 Å². The van der Waals surface area contributed by atoms with Gasteiger partial charge in [-0.25, -0.2) is 9.59 Å². The van der Waals surface area contributed by atoms with E-state index in [1.165, 1.54) is 36.0 Å². The molecular formula is C29H18Cl4N2O6S. The summed E-state index contributed by atoms with van der Waals surface area (Å²) in [4.78, 5) is 50.0. The fourth-order valence-electron chi connectivity index (χ4n) is 3.80. The monoisotopic (exact) mass is 662 g/mol. The van der Waals surface area contributed by atoms with E-state index < -0.39 is 39.2 Å². The van der Waals surface area contributed by atoms with E-state index in [-0.39, 0.29) is 26.5 Å².